The summed E-state index contributed by atoms with van der Waals surface area (Å²) in [7, 11) is 0. The molecule has 0 unspecified atom stereocenters. The number of benzene rings is 3. The van der Waals surface area contributed by atoms with Crippen LogP contribution in [0.4, 0.5) is 0 Å². The second-order valence-corrected chi connectivity index (χ2v) is 7.75. The molecule has 3 heteroatoms. The molecule has 0 bridgehead atoms. The summed E-state index contributed by atoms with van der Waals surface area (Å²) in [6.45, 7) is 4.35. The molecule has 3 nitrogen and oxygen atoms in total. The maximum absolute atomic E-state index is 9.79. The van der Waals surface area contributed by atoms with Crippen molar-refractivity contribution in [1.82, 2.24) is 4.98 Å². The largest absolute Gasteiger partial charge is 0.455 e. The normalized spacial score (nSPS) is 11.3. The number of pyridine rings is 1. The predicted octanol–water partition coefficient (Wildman–Crippen LogP) is 7.31. The summed E-state index contributed by atoms with van der Waals surface area (Å²) in [6.07, 6.45) is 1.78. The molecule has 0 fully saturated rings. The smallest absolute Gasteiger partial charge is 0.144 e. The Labute approximate surface area is 175 Å². The van der Waals surface area contributed by atoms with Crippen molar-refractivity contribution in [3.8, 4) is 28.5 Å². The van der Waals surface area contributed by atoms with Crippen LogP contribution in [0.2, 0.25) is 0 Å². The first kappa shape index (κ1) is 18.1. The molecular weight excluding hydrogens is 368 g/mol. The number of nitrogens with zero attached hydrogens (tertiary/aromatic N) is 2. The number of hydrogen-bond acceptors (Lipinski definition) is 3. The van der Waals surface area contributed by atoms with E-state index in [4.69, 9.17) is 4.42 Å². The van der Waals surface area contributed by atoms with Gasteiger partial charge in [-0.3, -0.25) is 4.98 Å². The van der Waals surface area contributed by atoms with Crippen LogP contribution < -0.4 is 0 Å². The zero-order valence-corrected chi connectivity index (χ0v) is 16.9. The summed E-state index contributed by atoms with van der Waals surface area (Å²) in [6, 6.07) is 26.6. The summed E-state index contributed by atoms with van der Waals surface area (Å²) >= 11 is 0. The minimum Gasteiger partial charge on any atom is -0.455 e. The van der Waals surface area contributed by atoms with Gasteiger partial charge in [-0.25, -0.2) is 0 Å². The first-order valence-corrected chi connectivity index (χ1v) is 10.1. The Morgan fingerprint density at radius 2 is 1.63 bits per heavy atom. The van der Waals surface area contributed by atoms with Gasteiger partial charge in [-0.2, -0.15) is 5.26 Å². The Morgan fingerprint density at radius 3 is 2.33 bits per heavy atom. The van der Waals surface area contributed by atoms with Crippen LogP contribution in [-0.2, 0) is 0 Å². The van der Waals surface area contributed by atoms with E-state index in [0.29, 0.717) is 11.5 Å². The van der Waals surface area contributed by atoms with Crippen LogP contribution in [0.1, 0.15) is 30.9 Å². The molecule has 144 valence electrons. The van der Waals surface area contributed by atoms with Gasteiger partial charge in [-0.15, -0.1) is 0 Å². The molecule has 0 spiro atoms. The molecule has 5 aromatic rings. The molecule has 0 saturated carbocycles. The number of para-hydroxylation sites is 1. The molecule has 0 aliphatic carbocycles. The number of furan rings is 1. The van der Waals surface area contributed by atoms with Gasteiger partial charge in [-0.1, -0.05) is 56.3 Å². The Hall–Kier alpha value is -3.90. The maximum atomic E-state index is 9.79. The second kappa shape index (κ2) is 7.17. The van der Waals surface area contributed by atoms with Crippen molar-refractivity contribution in [1.29, 1.82) is 5.26 Å². The van der Waals surface area contributed by atoms with Crippen molar-refractivity contribution in [2.75, 3.05) is 0 Å². The van der Waals surface area contributed by atoms with Crippen molar-refractivity contribution >= 4 is 21.9 Å². The molecule has 3 aromatic carbocycles. The minimum absolute atomic E-state index is 0.456. The average Bonchev–Trinajstić information content (AvgIpc) is 3.17. The highest BCUT2D eigenvalue weighted by molar-refractivity contribution is 6.13. The fourth-order valence-corrected chi connectivity index (χ4v) is 4.00. The molecule has 0 saturated heterocycles. The van der Waals surface area contributed by atoms with E-state index >= 15 is 0 Å². The number of aromatic nitrogens is 1. The fourth-order valence-electron chi connectivity index (χ4n) is 4.00. The Balaban J connectivity index is 1.81. The highest BCUT2D eigenvalue weighted by Crippen LogP contribution is 2.41. The van der Waals surface area contributed by atoms with Gasteiger partial charge < -0.3 is 4.42 Å². The average molecular weight is 388 g/mol. The van der Waals surface area contributed by atoms with E-state index in [1.807, 2.05) is 42.5 Å². The number of hydrogen-bond donors (Lipinski definition) is 0. The predicted molar refractivity (Wildman–Crippen MR) is 121 cm³/mol. The topological polar surface area (TPSA) is 49.8 Å². The van der Waals surface area contributed by atoms with Gasteiger partial charge in [0.25, 0.3) is 0 Å². The van der Waals surface area contributed by atoms with Crippen LogP contribution in [0.3, 0.4) is 0 Å². The zero-order valence-electron chi connectivity index (χ0n) is 16.9. The van der Waals surface area contributed by atoms with E-state index in [1.165, 1.54) is 5.56 Å². The minimum atomic E-state index is 0.456. The highest BCUT2D eigenvalue weighted by Gasteiger charge is 2.18. The molecule has 2 aromatic heterocycles. The summed E-state index contributed by atoms with van der Waals surface area (Å²) in [5.74, 6) is 0.456. The lowest BCUT2D eigenvalue weighted by molar-refractivity contribution is 0.670. The quantitative estimate of drug-likeness (QED) is 0.325. The van der Waals surface area contributed by atoms with E-state index in [1.54, 1.807) is 6.20 Å². The van der Waals surface area contributed by atoms with Crippen molar-refractivity contribution in [2.45, 2.75) is 19.8 Å². The molecule has 0 aliphatic heterocycles. The lowest BCUT2D eigenvalue weighted by Gasteiger charge is -2.09. The SMILES string of the molecule is CC(C)c1ccc(-c2c(C#N)ccc3c2oc2c(-c4ccccn4)cccc23)cc1. The summed E-state index contributed by atoms with van der Waals surface area (Å²) in [5, 5.41) is 11.8. The zero-order chi connectivity index (χ0) is 20.7. The van der Waals surface area contributed by atoms with Crippen LogP contribution in [0, 0.1) is 11.3 Å². The van der Waals surface area contributed by atoms with Gasteiger partial charge in [-0.05, 0) is 47.4 Å². The molecule has 5 rings (SSSR count). The van der Waals surface area contributed by atoms with Gasteiger partial charge in [0.2, 0.25) is 0 Å². The van der Waals surface area contributed by atoms with Crippen molar-refractivity contribution in [3.63, 3.8) is 0 Å². The van der Waals surface area contributed by atoms with Crippen LogP contribution in [0.5, 0.6) is 0 Å². The van der Waals surface area contributed by atoms with Crippen LogP contribution in [0.15, 0.2) is 83.4 Å². The lowest BCUT2D eigenvalue weighted by atomic mass is 9.94. The van der Waals surface area contributed by atoms with Crippen molar-refractivity contribution in [3.05, 3.63) is 90.1 Å². The van der Waals surface area contributed by atoms with Crippen LogP contribution in [-0.4, -0.2) is 4.98 Å². The summed E-state index contributed by atoms with van der Waals surface area (Å²) < 4.78 is 6.45. The number of rotatable bonds is 3. The molecule has 0 amide bonds. The van der Waals surface area contributed by atoms with E-state index in [2.05, 4.69) is 55.2 Å². The molecule has 0 atom stereocenters. The van der Waals surface area contributed by atoms with Crippen molar-refractivity contribution < 1.29 is 4.42 Å². The van der Waals surface area contributed by atoms with Gasteiger partial charge in [0.05, 0.1) is 17.3 Å². The van der Waals surface area contributed by atoms with Gasteiger partial charge >= 0.3 is 0 Å². The van der Waals surface area contributed by atoms with Gasteiger partial charge in [0, 0.05) is 28.1 Å². The number of nitriles is 1. The third-order valence-electron chi connectivity index (χ3n) is 5.59. The molecule has 2 heterocycles. The third kappa shape index (κ3) is 2.86. The maximum Gasteiger partial charge on any atom is 0.144 e. The molecular formula is C27H20N2O. The molecule has 30 heavy (non-hydrogen) atoms. The van der Waals surface area contributed by atoms with Crippen LogP contribution >= 0.6 is 0 Å². The first-order valence-electron chi connectivity index (χ1n) is 10.1. The summed E-state index contributed by atoms with van der Waals surface area (Å²) in [4.78, 5) is 4.50. The Morgan fingerprint density at radius 1 is 0.833 bits per heavy atom. The molecule has 0 radical (unpaired) electrons. The van der Waals surface area contributed by atoms with Gasteiger partial charge in [0.1, 0.15) is 11.2 Å². The monoisotopic (exact) mass is 388 g/mol. The Bertz CT molecular complexity index is 1410. The van der Waals surface area contributed by atoms with E-state index < -0.39 is 0 Å². The van der Waals surface area contributed by atoms with E-state index in [0.717, 1.165) is 44.3 Å². The standard InChI is InChI=1S/C27H20N2O/c1-17(2)18-9-11-19(12-10-18)25-20(16-28)13-14-22-21-6-5-7-23(26(21)30-27(22)25)24-8-3-4-15-29-24/h3-15,17H,1-2H3. The first-order chi connectivity index (χ1) is 14.7. The van der Waals surface area contributed by atoms with Crippen LogP contribution in [0.25, 0.3) is 44.3 Å². The fraction of sp³-hybridized carbons (Fsp3) is 0.111. The third-order valence-corrected chi connectivity index (χ3v) is 5.59. The highest BCUT2D eigenvalue weighted by atomic mass is 16.3. The molecule has 0 N–H and O–H groups in total. The lowest BCUT2D eigenvalue weighted by Crippen LogP contribution is -1.89. The molecule has 0 aliphatic rings. The van der Waals surface area contributed by atoms with Crippen molar-refractivity contribution in [2.24, 2.45) is 0 Å². The van der Waals surface area contributed by atoms with E-state index in [9.17, 15) is 5.26 Å². The van der Waals surface area contributed by atoms with Gasteiger partial charge in [0.15, 0.2) is 0 Å². The Kier molecular flexibility index (Phi) is 4.34. The summed E-state index contributed by atoms with van der Waals surface area (Å²) in [5.41, 5.74) is 7.05. The number of fused-ring (bicyclic) bond motifs is 3. The van der Waals surface area contributed by atoms with E-state index in [-0.39, 0.29) is 0 Å². The second-order valence-electron chi connectivity index (χ2n) is 7.75.